The zero-order valence-electron chi connectivity index (χ0n) is 11.4. The van der Waals surface area contributed by atoms with Gasteiger partial charge in [0.25, 0.3) is 0 Å². The highest BCUT2D eigenvalue weighted by atomic mass is 32.2. The van der Waals surface area contributed by atoms with Gasteiger partial charge in [0.15, 0.2) is 0 Å². The fourth-order valence-corrected chi connectivity index (χ4v) is 4.11. The molecule has 19 heavy (non-hydrogen) atoms. The van der Waals surface area contributed by atoms with Crippen LogP contribution in [-0.4, -0.2) is 32.4 Å². The van der Waals surface area contributed by atoms with E-state index in [-0.39, 0.29) is 0 Å². The molecule has 0 bridgehead atoms. The Morgan fingerprint density at radius 1 is 1.32 bits per heavy atom. The smallest absolute Gasteiger partial charge is 0.243 e. The standard InChI is InChI=1S/C14H22N2O2S/c1-12-3-2-10-16(11-12)19(17,18)14-6-4-13(5-7-14)8-9-15/h4-7,12H,2-3,8-11,15H2,1H3. The van der Waals surface area contributed by atoms with E-state index in [0.717, 1.165) is 24.8 Å². The van der Waals surface area contributed by atoms with Crippen molar-refractivity contribution >= 4 is 10.0 Å². The van der Waals surface area contributed by atoms with E-state index in [1.54, 1.807) is 16.4 Å². The van der Waals surface area contributed by atoms with Gasteiger partial charge in [-0.05, 0) is 49.4 Å². The van der Waals surface area contributed by atoms with Crippen molar-refractivity contribution in [3.05, 3.63) is 29.8 Å². The zero-order chi connectivity index (χ0) is 13.9. The van der Waals surface area contributed by atoms with Gasteiger partial charge in [0.2, 0.25) is 10.0 Å². The van der Waals surface area contributed by atoms with Gasteiger partial charge in [-0.2, -0.15) is 4.31 Å². The van der Waals surface area contributed by atoms with Crippen LogP contribution in [0.5, 0.6) is 0 Å². The predicted octanol–water partition coefficient (Wildman–Crippen LogP) is 1.61. The lowest BCUT2D eigenvalue weighted by molar-refractivity contribution is 0.281. The number of benzene rings is 1. The van der Waals surface area contributed by atoms with Crippen LogP contribution in [0.3, 0.4) is 0 Å². The molecule has 1 aliphatic rings. The Labute approximate surface area is 115 Å². The lowest BCUT2D eigenvalue weighted by atomic mass is 10.0. The topological polar surface area (TPSA) is 63.4 Å². The average molecular weight is 282 g/mol. The van der Waals surface area contributed by atoms with Crippen LogP contribution in [0.25, 0.3) is 0 Å². The van der Waals surface area contributed by atoms with Gasteiger partial charge in [0, 0.05) is 13.1 Å². The molecular formula is C14H22N2O2S. The van der Waals surface area contributed by atoms with Crippen molar-refractivity contribution in [2.75, 3.05) is 19.6 Å². The fourth-order valence-electron chi connectivity index (χ4n) is 2.51. The molecule has 1 unspecified atom stereocenters. The van der Waals surface area contributed by atoms with Gasteiger partial charge in [-0.25, -0.2) is 8.42 Å². The zero-order valence-corrected chi connectivity index (χ0v) is 12.2. The highest BCUT2D eigenvalue weighted by molar-refractivity contribution is 7.89. The van der Waals surface area contributed by atoms with Gasteiger partial charge in [-0.15, -0.1) is 0 Å². The molecule has 1 fully saturated rings. The third-order valence-corrected chi connectivity index (χ3v) is 5.49. The minimum atomic E-state index is -3.32. The maximum absolute atomic E-state index is 12.5. The molecule has 1 aliphatic heterocycles. The number of nitrogens with zero attached hydrogens (tertiary/aromatic N) is 1. The van der Waals surface area contributed by atoms with Gasteiger partial charge < -0.3 is 5.73 Å². The number of nitrogens with two attached hydrogens (primary N) is 1. The molecular weight excluding hydrogens is 260 g/mol. The summed E-state index contributed by atoms with van der Waals surface area (Å²) in [5.41, 5.74) is 6.57. The first kappa shape index (κ1) is 14.5. The molecule has 106 valence electrons. The van der Waals surface area contributed by atoms with Crippen LogP contribution < -0.4 is 5.73 Å². The first-order valence-electron chi connectivity index (χ1n) is 6.83. The van der Waals surface area contributed by atoms with Crippen LogP contribution in [0, 0.1) is 5.92 Å². The van der Waals surface area contributed by atoms with Crippen molar-refractivity contribution in [3.8, 4) is 0 Å². The van der Waals surface area contributed by atoms with Crippen LogP contribution in [0.4, 0.5) is 0 Å². The number of hydrogen-bond donors (Lipinski definition) is 1. The summed E-state index contributed by atoms with van der Waals surface area (Å²) < 4.78 is 26.6. The van der Waals surface area contributed by atoms with Crippen LogP contribution in [-0.2, 0) is 16.4 Å². The van der Waals surface area contributed by atoms with Crippen LogP contribution in [0.1, 0.15) is 25.3 Å². The van der Waals surface area contributed by atoms with Crippen LogP contribution >= 0.6 is 0 Å². The van der Waals surface area contributed by atoms with Crippen molar-refractivity contribution < 1.29 is 8.42 Å². The number of piperidine rings is 1. The molecule has 1 atom stereocenters. The first-order chi connectivity index (χ1) is 9.04. The Hall–Kier alpha value is -0.910. The van der Waals surface area contributed by atoms with Gasteiger partial charge in [-0.1, -0.05) is 19.1 Å². The molecule has 0 aromatic heterocycles. The maximum Gasteiger partial charge on any atom is 0.243 e. The van der Waals surface area contributed by atoms with Crippen LogP contribution in [0.2, 0.25) is 0 Å². The second-order valence-electron chi connectivity index (χ2n) is 5.29. The molecule has 1 heterocycles. The molecule has 2 rings (SSSR count). The minimum Gasteiger partial charge on any atom is -0.330 e. The van der Waals surface area contributed by atoms with E-state index in [9.17, 15) is 8.42 Å². The first-order valence-corrected chi connectivity index (χ1v) is 8.27. The summed E-state index contributed by atoms with van der Waals surface area (Å²) in [7, 11) is -3.32. The summed E-state index contributed by atoms with van der Waals surface area (Å²) in [6.07, 6.45) is 2.84. The Bertz CT molecular complexity index is 511. The van der Waals surface area contributed by atoms with Crippen molar-refractivity contribution in [2.24, 2.45) is 11.7 Å². The van der Waals surface area contributed by atoms with Gasteiger partial charge >= 0.3 is 0 Å². The van der Waals surface area contributed by atoms with E-state index >= 15 is 0 Å². The Balaban J connectivity index is 2.18. The third-order valence-electron chi connectivity index (χ3n) is 3.61. The molecule has 1 aromatic carbocycles. The highest BCUT2D eigenvalue weighted by Crippen LogP contribution is 2.23. The van der Waals surface area contributed by atoms with E-state index in [1.807, 2.05) is 12.1 Å². The molecule has 1 aromatic rings. The number of hydrogen-bond acceptors (Lipinski definition) is 3. The summed E-state index contributed by atoms with van der Waals surface area (Å²) in [4.78, 5) is 0.391. The van der Waals surface area contributed by atoms with E-state index in [4.69, 9.17) is 5.73 Å². The molecule has 2 N–H and O–H groups in total. The predicted molar refractivity (Wildman–Crippen MR) is 76.4 cm³/mol. The highest BCUT2D eigenvalue weighted by Gasteiger charge is 2.28. The Morgan fingerprint density at radius 2 is 2.00 bits per heavy atom. The molecule has 0 aliphatic carbocycles. The van der Waals surface area contributed by atoms with Crippen molar-refractivity contribution in [1.82, 2.24) is 4.31 Å². The summed E-state index contributed by atoms with van der Waals surface area (Å²) in [6, 6.07) is 7.10. The summed E-state index contributed by atoms with van der Waals surface area (Å²) in [5.74, 6) is 0.444. The van der Waals surface area contributed by atoms with E-state index < -0.39 is 10.0 Å². The minimum absolute atomic E-state index is 0.391. The monoisotopic (exact) mass is 282 g/mol. The lowest BCUT2D eigenvalue weighted by Gasteiger charge is -2.30. The van der Waals surface area contributed by atoms with Gasteiger partial charge in [0.1, 0.15) is 0 Å². The largest absolute Gasteiger partial charge is 0.330 e. The van der Waals surface area contributed by atoms with Crippen LogP contribution in [0.15, 0.2) is 29.2 Å². The van der Waals surface area contributed by atoms with E-state index in [0.29, 0.717) is 30.4 Å². The maximum atomic E-state index is 12.5. The van der Waals surface area contributed by atoms with Crippen molar-refractivity contribution in [3.63, 3.8) is 0 Å². The average Bonchev–Trinajstić information content (AvgIpc) is 2.40. The van der Waals surface area contributed by atoms with E-state index in [2.05, 4.69) is 6.92 Å². The second-order valence-corrected chi connectivity index (χ2v) is 7.23. The molecule has 0 spiro atoms. The third kappa shape index (κ3) is 3.35. The molecule has 4 nitrogen and oxygen atoms in total. The molecule has 1 saturated heterocycles. The van der Waals surface area contributed by atoms with Crippen molar-refractivity contribution in [1.29, 1.82) is 0 Å². The molecule has 0 saturated carbocycles. The lowest BCUT2D eigenvalue weighted by Crippen LogP contribution is -2.39. The molecule has 0 radical (unpaired) electrons. The number of rotatable bonds is 4. The molecule has 0 amide bonds. The normalized spacial score (nSPS) is 21.5. The Kier molecular flexibility index (Phi) is 4.60. The summed E-state index contributed by atoms with van der Waals surface area (Å²) in [5, 5.41) is 0. The summed E-state index contributed by atoms with van der Waals surface area (Å²) >= 11 is 0. The number of sulfonamides is 1. The second kappa shape index (κ2) is 6.03. The Morgan fingerprint density at radius 3 is 2.58 bits per heavy atom. The van der Waals surface area contributed by atoms with Gasteiger partial charge in [0.05, 0.1) is 4.90 Å². The molecule has 5 heteroatoms. The fraction of sp³-hybridized carbons (Fsp3) is 0.571. The summed E-state index contributed by atoms with van der Waals surface area (Å²) in [6.45, 7) is 3.95. The van der Waals surface area contributed by atoms with Crippen molar-refractivity contribution in [2.45, 2.75) is 31.1 Å². The quantitative estimate of drug-likeness (QED) is 0.912. The van der Waals surface area contributed by atoms with E-state index in [1.165, 1.54) is 0 Å². The van der Waals surface area contributed by atoms with Gasteiger partial charge in [-0.3, -0.25) is 0 Å². The SMILES string of the molecule is CC1CCCN(S(=O)(=O)c2ccc(CCN)cc2)C1.